The quantitative estimate of drug-likeness (QED) is 0.493. The van der Waals surface area contributed by atoms with Crippen LogP contribution in [0, 0.1) is 5.82 Å². The van der Waals surface area contributed by atoms with Gasteiger partial charge < -0.3 is 0 Å². The van der Waals surface area contributed by atoms with E-state index in [1.54, 1.807) is 0 Å². The molecule has 1 rings (SSSR count). The maximum atomic E-state index is 12.6. The summed E-state index contributed by atoms with van der Waals surface area (Å²) in [5.41, 5.74) is -0.949. The lowest BCUT2D eigenvalue weighted by atomic mass is 10.1. The number of rotatable bonds is 1. The predicted octanol–water partition coefficient (Wildman–Crippen LogP) is 2.57. The Balaban J connectivity index is 3.10. The lowest BCUT2D eigenvalue weighted by Gasteiger charge is -2.04. The van der Waals surface area contributed by atoms with Gasteiger partial charge in [0.1, 0.15) is 5.82 Å². The van der Waals surface area contributed by atoms with Gasteiger partial charge in [-0.05, 0) is 12.1 Å². The minimum Gasteiger partial charge on any atom is -0.284 e. The lowest BCUT2D eigenvalue weighted by molar-refractivity contribution is -0.0887. The molecule has 0 amide bonds. The van der Waals surface area contributed by atoms with Crippen molar-refractivity contribution in [2.24, 2.45) is 0 Å². The van der Waals surface area contributed by atoms with Gasteiger partial charge in [0.25, 0.3) is 5.78 Å². The molecule has 1 nitrogen and oxygen atoms in total. The number of alkyl halides is 3. The van der Waals surface area contributed by atoms with Gasteiger partial charge in [0.05, 0.1) is 5.56 Å². The van der Waals surface area contributed by atoms with Gasteiger partial charge in [-0.25, -0.2) is 4.39 Å². The summed E-state index contributed by atoms with van der Waals surface area (Å²) in [5.74, 6) is -3.32. The molecule has 0 aliphatic rings. The minimum absolute atomic E-state index is 0.797. The fourth-order valence-electron chi connectivity index (χ4n) is 0.798. The Labute approximate surface area is 71.0 Å². The molecule has 0 aromatic heterocycles. The second-order valence-electron chi connectivity index (χ2n) is 2.31. The molecule has 0 aliphatic carbocycles. The van der Waals surface area contributed by atoms with Crippen LogP contribution in [0.4, 0.5) is 17.6 Å². The zero-order chi connectivity index (χ0) is 10.1. The topological polar surface area (TPSA) is 17.1 Å². The van der Waals surface area contributed by atoms with Gasteiger partial charge in [0.15, 0.2) is 0 Å². The van der Waals surface area contributed by atoms with E-state index >= 15 is 0 Å². The van der Waals surface area contributed by atoms with E-state index in [9.17, 15) is 22.4 Å². The molecule has 70 valence electrons. The van der Waals surface area contributed by atoms with Crippen LogP contribution in [0.15, 0.2) is 24.3 Å². The van der Waals surface area contributed by atoms with Gasteiger partial charge in [0, 0.05) is 0 Å². The van der Waals surface area contributed by atoms with E-state index in [0.717, 1.165) is 12.1 Å². The summed E-state index contributed by atoms with van der Waals surface area (Å²) >= 11 is 0. The molecule has 0 radical (unpaired) electrons. The van der Waals surface area contributed by atoms with E-state index in [1.165, 1.54) is 12.1 Å². The maximum Gasteiger partial charge on any atom is 0.454 e. The largest absolute Gasteiger partial charge is 0.454 e. The van der Waals surface area contributed by atoms with Crippen LogP contribution < -0.4 is 0 Å². The molecule has 1 aromatic rings. The number of hydrogen-bond donors (Lipinski definition) is 0. The first-order chi connectivity index (χ1) is 5.93. The third-order valence-corrected chi connectivity index (χ3v) is 1.38. The van der Waals surface area contributed by atoms with E-state index in [2.05, 4.69) is 0 Å². The number of hydrogen-bond acceptors (Lipinski definition) is 1. The number of carbonyl (C=O) groups excluding carboxylic acids is 1. The first kappa shape index (κ1) is 9.70. The molecule has 0 saturated heterocycles. The third-order valence-electron chi connectivity index (χ3n) is 1.38. The fraction of sp³-hybridized carbons (Fsp3) is 0.125. The van der Waals surface area contributed by atoms with Gasteiger partial charge in [-0.3, -0.25) is 4.79 Å². The van der Waals surface area contributed by atoms with Crippen molar-refractivity contribution in [2.45, 2.75) is 6.18 Å². The van der Waals surface area contributed by atoms with Crippen LogP contribution in [0.25, 0.3) is 0 Å². The molecular weight excluding hydrogens is 188 g/mol. The van der Waals surface area contributed by atoms with Crippen molar-refractivity contribution in [3.63, 3.8) is 0 Å². The molecule has 0 atom stereocenters. The molecule has 0 heterocycles. The lowest BCUT2D eigenvalue weighted by Crippen LogP contribution is -2.23. The zero-order valence-electron chi connectivity index (χ0n) is 6.23. The number of Topliss-reactive ketones (excluding diaryl/α,β-unsaturated/α-hetero) is 1. The molecule has 0 saturated carbocycles. The van der Waals surface area contributed by atoms with Crippen LogP contribution in [0.3, 0.4) is 0 Å². The molecule has 0 aliphatic heterocycles. The maximum absolute atomic E-state index is 12.6. The van der Waals surface area contributed by atoms with E-state index < -0.39 is 23.3 Å². The monoisotopic (exact) mass is 192 g/mol. The van der Waals surface area contributed by atoms with Crippen molar-refractivity contribution in [1.82, 2.24) is 0 Å². The summed E-state index contributed by atoms with van der Waals surface area (Å²) in [6, 6.07) is 3.98. The standard InChI is InChI=1S/C8H4F4O/c9-6-4-2-1-3-5(6)7(13)8(10,11)12/h1-4H. The molecule has 0 N–H and O–H groups in total. The fourth-order valence-corrected chi connectivity index (χ4v) is 0.798. The summed E-state index contributed by atoms with van der Waals surface area (Å²) in [4.78, 5) is 10.5. The highest BCUT2D eigenvalue weighted by Gasteiger charge is 2.40. The van der Waals surface area contributed by atoms with Crippen molar-refractivity contribution in [3.05, 3.63) is 35.6 Å². The van der Waals surface area contributed by atoms with E-state index in [4.69, 9.17) is 0 Å². The van der Waals surface area contributed by atoms with Crippen LogP contribution in [0.2, 0.25) is 0 Å². The Kier molecular flexibility index (Phi) is 2.36. The highest BCUT2D eigenvalue weighted by molar-refractivity contribution is 6.00. The van der Waals surface area contributed by atoms with Crippen LogP contribution >= 0.6 is 0 Å². The number of ketones is 1. The number of halogens is 4. The molecule has 13 heavy (non-hydrogen) atoms. The zero-order valence-corrected chi connectivity index (χ0v) is 6.23. The van der Waals surface area contributed by atoms with Crippen molar-refractivity contribution in [1.29, 1.82) is 0 Å². The van der Waals surface area contributed by atoms with Crippen LogP contribution in [0.5, 0.6) is 0 Å². The molecular formula is C8H4F4O. The smallest absolute Gasteiger partial charge is 0.284 e. The van der Waals surface area contributed by atoms with E-state index in [-0.39, 0.29) is 0 Å². The minimum atomic E-state index is -5.03. The molecule has 0 bridgehead atoms. The molecule has 0 fully saturated rings. The molecule has 0 spiro atoms. The average molecular weight is 192 g/mol. The molecule has 0 unspecified atom stereocenters. The molecule has 5 heteroatoms. The average Bonchev–Trinajstić information content (AvgIpc) is 2.02. The van der Waals surface area contributed by atoms with Crippen LogP contribution in [0.1, 0.15) is 10.4 Å². The Bertz CT molecular complexity index is 329. The summed E-state index contributed by atoms with van der Waals surface area (Å²) in [6.45, 7) is 0. The number of benzene rings is 1. The third kappa shape index (κ3) is 2.05. The second kappa shape index (κ2) is 3.16. The number of carbonyl (C=O) groups is 1. The SMILES string of the molecule is O=C(c1ccccc1F)C(F)(F)F. The second-order valence-corrected chi connectivity index (χ2v) is 2.31. The normalized spacial score (nSPS) is 11.4. The predicted molar refractivity (Wildman–Crippen MR) is 36.8 cm³/mol. The van der Waals surface area contributed by atoms with Gasteiger partial charge in [-0.2, -0.15) is 13.2 Å². The summed E-state index contributed by atoms with van der Waals surface area (Å²) in [5, 5.41) is 0. The Morgan fingerprint density at radius 1 is 1.15 bits per heavy atom. The highest BCUT2D eigenvalue weighted by atomic mass is 19.4. The molecule has 1 aromatic carbocycles. The van der Waals surface area contributed by atoms with Gasteiger partial charge in [-0.1, -0.05) is 12.1 Å². The summed E-state index contributed by atoms with van der Waals surface area (Å²) < 4.78 is 48.0. The van der Waals surface area contributed by atoms with Crippen molar-refractivity contribution < 1.29 is 22.4 Å². The Morgan fingerprint density at radius 2 is 1.69 bits per heavy atom. The van der Waals surface area contributed by atoms with Crippen molar-refractivity contribution in [2.75, 3.05) is 0 Å². The van der Waals surface area contributed by atoms with E-state index in [1.807, 2.05) is 0 Å². The van der Waals surface area contributed by atoms with Gasteiger partial charge in [0.2, 0.25) is 0 Å². The van der Waals surface area contributed by atoms with Crippen molar-refractivity contribution in [3.8, 4) is 0 Å². The Morgan fingerprint density at radius 3 is 2.15 bits per heavy atom. The summed E-state index contributed by atoms with van der Waals surface area (Å²) in [7, 11) is 0. The van der Waals surface area contributed by atoms with Crippen LogP contribution in [-0.2, 0) is 0 Å². The van der Waals surface area contributed by atoms with Crippen LogP contribution in [-0.4, -0.2) is 12.0 Å². The highest BCUT2D eigenvalue weighted by Crippen LogP contribution is 2.22. The van der Waals surface area contributed by atoms with Gasteiger partial charge in [-0.15, -0.1) is 0 Å². The van der Waals surface area contributed by atoms with Crippen molar-refractivity contribution >= 4 is 5.78 Å². The first-order valence-electron chi connectivity index (χ1n) is 3.29. The first-order valence-corrected chi connectivity index (χ1v) is 3.29. The Hall–Kier alpha value is -1.39. The summed E-state index contributed by atoms with van der Waals surface area (Å²) in [6.07, 6.45) is -5.03. The van der Waals surface area contributed by atoms with Gasteiger partial charge >= 0.3 is 6.18 Å². The van der Waals surface area contributed by atoms with E-state index in [0.29, 0.717) is 0 Å².